The van der Waals surface area contributed by atoms with Gasteiger partial charge in [0.1, 0.15) is 5.82 Å². The summed E-state index contributed by atoms with van der Waals surface area (Å²) in [6.45, 7) is 0.124. The van der Waals surface area contributed by atoms with Crippen LogP contribution in [0.15, 0.2) is 42.5 Å². The van der Waals surface area contributed by atoms with Crippen molar-refractivity contribution in [2.24, 2.45) is 5.73 Å². The number of carbonyl (C=O) groups is 1. The average Bonchev–Trinajstić information content (AvgIpc) is 2.58. The highest BCUT2D eigenvalue weighted by molar-refractivity contribution is 7.98. The van der Waals surface area contributed by atoms with Crippen LogP contribution in [0.3, 0.4) is 0 Å². The molecule has 1 amide bonds. The Morgan fingerprint density at radius 1 is 1.25 bits per heavy atom. The maximum Gasteiger partial charge on any atom is 0.237 e. The summed E-state index contributed by atoms with van der Waals surface area (Å²) in [7, 11) is 0. The number of rotatable bonds is 7. The predicted octanol–water partition coefficient (Wildman–Crippen LogP) is 3.84. The van der Waals surface area contributed by atoms with Gasteiger partial charge in [0.25, 0.3) is 0 Å². The van der Waals surface area contributed by atoms with E-state index in [0.717, 1.165) is 16.9 Å². The van der Waals surface area contributed by atoms with Crippen LogP contribution >= 0.6 is 23.4 Å². The van der Waals surface area contributed by atoms with Gasteiger partial charge in [0.15, 0.2) is 0 Å². The van der Waals surface area contributed by atoms with Gasteiger partial charge in [-0.05, 0) is 47.8 Å². The first kappa shape index (κ1) is 18.8. The zero-order chi connectivity index (χ0) is 17.5. The van der Waals surface area contributed by atoms with Crippen molar-refractivity contribution in [1.82, 2.24) is 5.32 Å². The lowest BCUT2D eigenvalue weighted by molar-refractivity contribution is -0.122. The van der Waals surface area contributed by atoms with Crippen LogP contribution < -0.4 is 11.1 Å². The van der Waals surface area contributed by atoms with E-state index in [0.29, 0.717) is 17.0 Å². The van der Waals surface area contributed by atoms with Crippen molar-refractivity contribution < 1.29 is 9.18 Å². The molecule has 0 aromatic heterocycles. The topological polar surface area (TPSA) is 55.1 Å². The second-order valence-corrected chi connectivity index (χ2v) is 6.84. The normalized spacial score (nSPS) is 12.0. The molecule has 2 aromatic rings. The number of amides is 1. The van der Waals surface area contributed by atoms with E-state index in [-0.39, 0.29) is 18.3 Å². The van der Waals surface area contributed by atoms with Gasteiger partial charge in [-0.3, -0.25) is 4.79 Å². The molecule has 6 heteroatoms. The van der Waals surface area contributed by atoms with Crippen LogP contribution in [0.25, 0.3) is 11.1 Å². The van der Waals surface area contributed by atoms with Crippen molar-refractivity contribution in [2.45, 2.75) is 19.0 Å². The largest absolute Gasteiger partial charge is 0.351 e. The predicted molar refractivity (Wildman–Crippen MR) is 99.7 cm³/mol. The Morgan fingerprint density at radius 2 is 1.92 bits per heavy atom. The third kappa shape index (κ3) is 5.23. The Morgan fingerprint density at radius 3 is 2.54 bits per heavy atom. The molecule has 0 saturated heterocycles. The second-order valence-electron chi connectivity index (χ2n) is 5.42. The van der Waals surface area contributed by atoms with Gasteiger partial charge >= 0.3 is 0 Å². The van der Waals surface area contributed by atoms with Crippen LogP contribution in [0.4, 0.5) is 4.39 Å². The summed E-state index contributed by atoms with van der Waals surface area (Å²) >= 11 is 7.49. The molecule has 0 bridgehead atoms. The van der Waals surface area contributed by atoms with Crippen molar-refractivity contribution in [3.63, 3.8) is 0 Å². The lowest BCUT2D eigenvalue weighted by Crippen LogP contribution is -2.40. The maximum atomic E-state index is 14.3. The zero-order valence-corrected chi connectivity index (χ0v) is 15.0. The average molecular weight is 367 g/mol. The van der Waals surface area contributed by atoms with E-state index in [2.05, 4.69) is 5.32 Å². The first-order valence-electron chi connectivity index (χ1n) is 7.58. The zero-order valence-electron chi connectivity index (χ0n) is 13.4. The number of halogens is 2. The Hall–Kier alpha value is -1.56. The highest BCUT2D eigenvalue weighted by Gasteiger charge is 2.13. The third-order valence-corrected chi connectivity index (χ3v) is 4.55. The Balaban J connectivity index is 2.00. The summed E-state index contributed by atoms with van der Waals surface area (Å²) in [5.74, 6) is 0.198. The van der Waals surface area contributed by atoms with Crippen LogP contribution in [0.2, 0.25) is 5.02 Å². The van der Waals surface area contributed by atoms with Gasteiger partial charge < -0.3 is 11.1 Å². The molecule has 24 heavy (non-hydrogen) atoms. The molecule has 3 N–H and O–H groups in total. The van der Waals surface area contributed by atoms with E-state index in [4.69, 9.17) is 17.3 Å². The molecule has 0 heterocycles. The molecule has 1 atom stereocenters. The minimum absolute atomic E-state index is 0.124. The summed E-state index contributed by atoms with van der Waals surface area (Å²) < 4.78 is 14.3. The monoisotopic (exact) mass is 366 g/mol. The molecule has 2 rings (SSSR count). The maximum absolute atomic E-state index is 14.3. The van der Waals surface area contributed by atoms with Crippen LogP contribution in [0, 0.1) is 5.82 Å². The quantitative estimate of drug-likeness (QED) is 0.782. The smallest absolute Gasteiger partial charge is 0.237 e. The molecule has 0 aliphatic carbocycles. The van der Waals surface area contributed by atoms with Gasteiger partial charge in [-0.2, -0.15) is 11.8 Å². The van der Waals surface area contributed by atoms with E-state index in [1.165, 1.54) is 6.07 Å². The Kier molecular flexibility index (Phi) is 7.09. The number of carbonyl (C=O) groups excluding carboxylic acids is 1. The minimum Gasteiger partial charge on any atom is -0.351 e. The summed E-state index contributed by atoms with van der Waals surface area (Å²) in [4.78, 5) is 11.9. The van der Waals surface area contributed by atoms with E-state index in [1.54, 1.807) is 30.0 Å². The summed E-state index contributed by atoms with van der Waals surface area (Å²) in [5, 5.41) is 3.32. The molecule has 0 saturated carbocycles. The number of hydrogen-bond acceptors (Lipinski definition) is 3. The van der Waals surface area contributed by atoms with Crippen molar-refractivity contribution in [3.8, 4) is 11.1 Å². The minimum atomic E-state index is -0.561. The van der Waals surface area contributed by atoms with Crippen LogP contribution in [-0.4, -0.2) is 24.0 Å². The van der Waals surface area contributed by atoms with E-state index >= 15 is 0 Å². The third-order valence-electron chi connectivity index (χ3n) is 3.65. The van der Waals surface area contributed by atoms with Crippen molar-refractivity contribution >= 4 is 29.3 Å². The van der Waals surface area contributed by atoms with E-state index in [1.807, 2.05) is 24.5 Å². The number of nitrogens with two attached hydrogens (primary N) is 1. The number of benzene rings is 2. The first-order chi connectivity index (χ1) is 11.5. The standard InChI is InChI=1S/C18H20ClFN2OS/c1-24-9-8-17(21)18(23)22-11-14-3-2-13(10-16(14)20)12-4-6-15(19)7-5-12/h2-7,10,17H,8-9,11,21H2,1H3,(H,22,23). The fourth-order valence-electron chi connectivity index (χ4n) is 2.20. The summed E-state index contributed by atoms with van der Waals surface area (Å²) in [5.41, 5.74) is 7.86. The first-order valence-corrected chi connectivity index (χ1v) is 9.35. The second kappa shape index (κ2) is 9.06. The summed E-state index contributed by atoms with van der Waals surface area (Å²) in [6, 6.07) is 11.6. The molecule has 3 nitrogen and oxygen atoms in total. The van der Waals surface area contributed by atoms with Crippen LogP contribution in [-0.2, 0) is 11.3 Å². The van der Waals surface area contributed by atoms with E-state index < -0.39 is 6.04 Å². The van der Waals surface area contributed by atoms with Crippen molar-refractivity contribution in [1.29, 1.82) is 0 Å². The molecule has 0 aliphatic heterocycles. The van der Waals surface area contributed by atoms with Gasteiger partial charge in [0, 0.05) is 17.1 Å². The van der Waals surface area contributed by atoms with Crippen molar-refractivity contribution in [3.05, 3.63) is 58.9 Å². The van der Waals surface area contributed by atoms with Crippen molar-refractivity contribution in [2.75, 3.05) is 12.0 Å². The molecule has 0 fully saturated rings. The Bertz CT molecular complexity index is 694. The summed E-state index contributed by atoms with van der Waals surface area (Å²) in [6.07, 6.45) is 2.56. The molecule has 0 radical (unpaired) electrons. The molecule has 0 aliphatic rings. The molecule has 2 aromatic carbocycles. The molecular weight excluding hydrogens is 347 g/mol. The van der Waals surface area contributed by atoms with Crippen LogP contribution in [0.5, 0.6) is 0 Å². The van der Waals surface area contributed by atoms with Gasteiger partial charge in [-0.25, -0.2) is 4.39 Å². The fraction of sp³-hybridized carbons (Fsp3) is 0.278. The fourth-order valence-corrected chi connectivity index (χ4v) is 2.82. The number of nitrogens with one attached hydrogen (secondary N) is 1. The van der Waals surface area contributed by atoms with E-state index in [9.17, 15) is 9.18 Å². The van der Waals surface area contributed by atoms with Gasteiger partial charge in [0.05, 0.1) is 6.04 Å². The van der Waals surface area contributed by atoms with Gasteiger partial charge in [-0.1, -0.05) is 35.9 Å². The van der Waals surface area contributed by atoms with Crippen LogP contribution in [0.1, 0.15) is 12.0 Å². The van der Waals surface area contributed by atoms with Gasteiger partial charge in [-0.15, -0.1) is 0 Å². The lowest BCUT2D eigenvalue weighted by atomic mass is 10.0. The SMILES string of the molecule is CSCCC(N)C(=O)NCc1ccc(-c2ccc(Cl)cc2)cc1F. The number of thioether (sulfide) groups is 1. The lowest BCUT2D eigenvalue weighted by Gasteiger charge is -2.12. The molecule has 0 spiro atoms. The highest BCUT2D eigenvalue weighted by Crippen LogP contribution is 2.23. The molecular formula is C18H20ClFN2OS. The number of hydrogen-bond donors (Lipinski definition) is 2. The molecule has 1 unspecified atom stereocenters. The van der Waals surface area contributed by atoms with Gasteiger partial charge in [0.2, 0.25) is 5.91 Å². The molecule has 128 valence electrons. The highest BCUT2D eigenvalue weighted by atomic mass is 35.5. The Labute approximate surface area is 150 Å².